The molecule has 2 aromatic rings. The molecule has 122 valence electrons. The number of carbonyl (C=O) groups is 2. The highest BCUT2D eigenvalue weighted by molar-refractivity contribution is 7.08. The normalized spacial score (nSPS) is 15.5. The molecular formula is C16H20N4O2S. The van der Waals surface area contributed by atoms with Crippen LogP contribution in [0.2, 0.25) is 0 Å². The van der Waals surface area contributed by atoms with Crippen LogP contribution >= 0.6 is 11.3 Å². The second-order valence-corrected chi connectivity index (χ2v) is 6.50. The molecule has 3 heterocycles. The molecule has 0 spiro atoms. The van der Waals surface area contributed by atoms with Gasteiger partial charge >= 0.3 is 0 Å². The molecule has 0 unspecified atom stereocenters. The lowest BCUT2D eigenvalue weighted by molar-refractivity contribution is -0.130. The van der Waals surface area contributed by atoms with E-state index in [1.165, 1.54) is 0 Å². The molecule has 1 saturated heterocycles. The quantitative estimate of drug-likeness (QED) is 0.854. The van der Waals surface area contributed by atoms with Crippen LogP contribution in [0.15, 0.2) is 29.4 Å². The topological polar surface area (TPSA) is 58.4 Å². The van der Waals surface area contributed by atoms with E-state index in [9.17, 15) is 9.59 Å². The molecule has 23 heavy (non-hydrogen) atoms. The zero-order valence-electron chi connectivity index (χ0n) is 13.1. The van der Waals surface area contributed by atoms with E-state index in [0.717, 1.165) is 12.0 Å². The lowest BCUT2D eigenvalue weighted by Crippen LogP contribution is -2.38. The van der Waals surface area contributed by atoms with Crippen LogP contribution in [0.5, 0.6) is 0 Å². The Hall–Kier alpha value is -2.15. The lowest BCUT2D eigenvalue weighted by Gasteiger charge is -2.22. The molecule has 7 heteroatoms. The fraction of sp³-hybridized carbons (Fsp3) is 0.438. The highest BCUT2D eigenvalue weighted by atomic mass is 32.1. The van der Waals surface area contributed by atoms with Crippen LogP contribution < -0.4 is 0 Å². The van der Waals surface area contributed by atoms with Crippen LogP contribution in [0.4, 0.5) is 0 Å². The summed E-state index contributed by atoms with van der Waals surface area (Å²) in [6, 6.07) is 1.98. The highest BCUT2D eigenvalue weighted by Crippen LogP contribution is 2.12. The Morgan fingerprint density at radius 1 is 1.22 bits per heavy atom. The Balaban J connectivity index is 1.60. The molecule has 0 N–H and O–H groups in total. The second kappa shape index (κ2) is 6.95. The van der Waals surface area contributed by atoms with Crippen LogP contribution in [0.3, 0.4) is 0 Å². The maximum atomic E-state index is 12.5. The van der Waals surface area contributed by atoms with E-state index in [1.807, 2.05) is 33.7 Å². The fourth-order valence-electron chi connectivity index (χ4n) is 2.77. The third-order valence-electron chi connectivity index (χ3n) is 4.11. The smallest absolute Gasteiger partial charge is 0.272 e. The van der Waals surface area contributed by atoms with Gasteiger partial charge in [0.05, 0.1) is 18.9 Å². The molecule has 1 fully saturated rings. The summed E-state index contributed by atoms with van der Waals surface area (Å²) in [6.07, 6.45) is 4.46. The molecule has 2 aromatic heterocycles. The van der Waals surface area contributed by atoms with Gasteiger partial charge in [-0.05, 0) is 28.8 Å². The van der Waals surface area contributed by atoms with Gasteiger partial charge in [0.2, 0.25) is 5.91 Å². The van der Waals surface area contributed by atoms with E-state index >= 15 is 0 Å². The summed E-state index contributed by atoms with van der Waals surface area (Å²) in [6.45, 7) is 2.54. The van der Waals surface area contributed by atoms with Crippen molar-refractivity contribution in [3.63, 3.8) is 0 Å². The number of thiophene rings is 1. The SMILES string of the molecule is Cn1cncc1C(=O)N1CCCN(C(=O)Cc2ccsc2)CC1. The molecule has 2 amide bonds. The third-order valence-corrected chi connectivity index (χ3v) is 4.84. The summed E-state index contributed by atoms with van der Waals surface area (Å²) in [5.41, 5.74) is 1.65. The van der Waals surface area contributed by atoms with Crippen LogP contribution in [-0.2, 0) is 18.3 Å². The molecule has 1 aliphatic heterocycles. The number of hydrogen-bond donors (Lipinski definition) is 0. The minimum Gasteiger partial charge on any atom is -0.341 e. The second-order valence-electron chi connectivity index (χ2n) is 5.72. The Bertz CT molecular complexity index is 680. The summed E-state index contributed by atoms with van der Waals surface area (Å²) in [5, 5.41) is 3.99. The van der Waals surface area contributed by atoms with E-state index < -0.39 is 0 Å². The Morgan fingerprint density at radius 2 is 2.00 bits per heavy atom. The zero-order chi connectivity index (χ0) is 16.2. The summed E-state index contributed by atoms with van der Waals surface area (Å²) >= 11 is 1.60. The molecule has 1 aliphatic rings. The number of carbonyl (C=O) groups excluding carboxylic acids is 2. The van der Waals surface area contributed by atoms with Crippen LogP contribution in [-0.4, -0.2) is 57.3 Å². The van der Waals surface area contributed by atoms with Crippen LogP contribution in [0.25, 0.3) is 0 Å². The van der Waals surface area contributed by atoms with Crippen molar-refractivity contribution in [2.45, 2.75) is 12.8 Å². The first-order chi connectivity index (χ1) is 11.1. The first-order valence-electron chi connectivity index (χ1n) is 7.69. The lowest BCUT2D eigenvalue weighted by atomic mass is 10.2. The number of rotatable bonds is 3. The van der Waals surface area contributed by atoms with E-state index in [-0.39, 0.29) is 11.8 Å². The van der Waals surface area contributed by atoms with Crippen molar-refractivity contribution in [2.24, 2.45) is 7.05 Å². The van der Waals surface area contributed by atoms with Gasteiger partial charge < -0.3 is 14.4 Å². The first kappa shape index (κ1) is 15.7. The van der Waals surface area contributed by atoms with E-state index in [0.29, 0.717) is 38.3 Å². The van der Waals surface area contributed by atoms with Crippen molar-refractivity contribution in [2.75, 3.05) is 26.2 Å². The molecule has 3 rings (SSSR count). The highest BCUT2D eigenvalue weighted by Gasteiger charge is 2.24. The van der Waals surface area contributed by atoms with E-state index in [4.69, 9.17) is 0 Å². The molecule has 0 saturated carbocycles. The predicted molar refractivity (Wildman–Crippen MR) is 88.3 cm³/mol. The molecule has 0 atom stereocenters. The summed E-state index contributed by atoms with van der Waals surface area (Å²) in [7, 11) is 1.81. The van der Waals surface area contributed by atoms with Crippen LogP contribution in [0, 0.1) is 0 Å². The Kier molecular flexibility index (Phi) is 4.76. The van der Waals surface area contributed by atoms with Gasteiger partial charge in [-0.2, -0.15) is 11.3 Å². The van der Waals surface area contributed by atoms with E-state index in [1.54, 1.807) is 28.4 Å². The van der Waals surface area contributed by atoms with Crippen molar-refractivity contribution < 1.29 is 9.59 Å². The van der Waals surface area contributed by atoms with Crippen molar-refractivity contribution in [3.8, 4) is 0 Å². The van der Waals surface area contributed by atoms with Gasteiger partial charge in [0.1, 0.15) is 5.69 Å². The summed E-state index contributed by atoms with van der Waals surface area (Å²) < 4.78 is 1.73. The number of aromatic nitrogens is 2. The van der Waals surface area contributed by atoms with Gasteiger partial charge in [0.25, 0.3) is 5.91 Å². The molecule has 0 aromatic carbocycles. The van der Waals surface area contributed by atoms with Gasteiger partial charge in [0.15, 0.2) is 0 Å². The van der Waals surface area contributed by atoms with E-state index in [2.05, 4.69) is 4.98 Å². The number of nitrogens with zero attached hydrogens (tertiary/aromatic N) is 4. The zero-order valence-corrected chi connectivity index (χ0v) is 14.0. The van der Waals surface area contributed by atoms with Gasteiger partial charge in [-0.15, -0.1) is 0 Å². The molecule has 0 aliphatic carbocycles. The third kappa shape index (κ3) is 3.61. The standard InChI is InChI=1S/C16H20N4O2S/c1-18-12-17-10-14(18)16(22)20-5-2-4-19(6-7-20)15(21)9-13-3-8-23-11-13/h3,8,10-12H,2,4-7,9H2,1H3. The number of aryl methyl sites for hydroxylation is 1. The summed E-state index contributed by atoms with van der Waals surface area (Å²) in [4.78, 5) is 32.6. The number of imidazole rings is 1. The average Bonchev–Trinajstić information content (AvgIpc) is 3.12. The fourth-order valence-corrected chi connectivity index (χ4v) is 3.44. The van der Waals surface area contributed by atoms with Gasteiger partial charge in [-0.25, -0.2) is 4.98 Å². The van der Waals surface area contributed by atoms with Gasteiger partial charge in [-0.1, -0.05) is 0 Å². The van der Waals surface area contributed by atoms with Crippen molar-refractivity contribution in [1.29, 1.82) is 0 Å². The average molecular weight is 332 g/mol. The first-order valence-corrected chi connectivity index (χ1v) is 8.64. The molecular weight excluding hydrogens is 312 g/mol. The predicted octanol–water partition coefficient (Wildman–Crippen LogP) is 1.40. The largest absolute Gasteiger partial charge is 0.341 e. The van der Waals surface area contributed by atoms with Gasteiger partial charge in [0, 0.05) is 33.2 Å². The minimum atomic E-state index is -0.0165. The molecule has 0 radical (unpaired) electrons. The number of hydrogen-bond acceptors (Lipinski definition) is 4. The summed E-state index contributed by atoms with van der Waals surface area (Å²) in [5.74, 6) is 0.121. The van der Waals surface area contributed by atoms with Crippen LogP contribution in [0.1, 0.15) is 22.5 Å². The maximum Gasteiger partial charge on any atom is 0.272 e. The minimum absolute atomic E-state index is 0.0165. The molecule has 0 bridgehead atoms. The Morgan fingerprint density at radius 3 is 2.70 bits per heavy atom. The van der Waals surface area contributed by atoms with Crippen molar-refractivity contribution >= 4 is 23.2 Å². The number of amides is 2. The van der Waals surface area contributed by atoms with Gasteiger partial charge in [-0.3, -0.25) is 9.59 Å². The Labute approximate surface area is 139 Å². The van der Waals surface area contributed by atoms with Crippen molar-refractivity contribution in [3.05, 3.63) is 40.6 Å². The molecule has 6 nitrogen and oxygen atoms in total. The van der Waals surface area contributed by atoms with Crippen molar-refractivity contribution in [1.82, 2.24) is 19.4 Å². The monoisotopic (exact) mass is 332 g/mol. The maximum absolute atomic E-state index is 12.5.